The highest BCUT2D eigenvalue weighted by Gasteiger charge is 2.34. The number of likely N-dealkylation sites (N-methyl/N-ethyl adjacent to an activating group) is 1. The fourth-order valence-electron chi connectivity index (χ4n) is 4.28. The minimum absolute atomic E-state index is 0.0689. The van der Waals surface area contributed by atoms with Crippen LogP contribution in [0, 0.1) is 6.92 Å². The van der Waals surface area contributed by atoms with Crippen LogP contribution in [0.4, 0.5) is 5.69 Å². The molecule has 1 N–H and O–H groups in total. The molecule has 0 aliphatic carbocycles. The number of carbonyl (C=O) groups excluding carboxylic acids is 2. The molecule has 0 spiro atoms. The van der Waals surface area contributed by atoms with E-state index in [4.69, 9.17) is 9.47 Å². The molecule has 0 aliphatic rings. The van der Waals surface area contributed by atoms with Gasteiger partial charge in [0.25, 0.3) is 10.0 Å². The Hall–Kier alpha value is -4.05. The molecule has 0 fully saturated rings. The number of nitrogens with zero attached hydrogens (tertiary/aromatic N) is 2. The average molecular weight is 554 g/mol. The Morgan fingerprint density at radius 3 is 2.15 bits per heavy atom. The number of methoxy groups -OCH3 is 2. The molecule has 3 rings (SSSR count). The van der Waals surface area contributed by atoms with Gasteiger partial charge in [-0.3, -0.25) is 13.9 Å². The predicted molar refractivity (Wildman–Crippen MR) is 150 cm³/mol. The van der Waals surface area contributed by atoms with E-state index in [2.05, 4.69) is 5.32 Å². The second-order valence-corrected chi connectivity index (χ2v) is 10.7. The van der Waals surface area contributed by atoms with Crippen LogP contribution in [0.15, 0.2) is 77.7 Å². The summed E-state index contributed by atoms with van der Waals surface area (Å²) in [6.45, 7) is 3.38. The minimum Gasteiger partial charge on any atom is -0.493 e. The lowest BCUT2D eigenvalue weighted by atomic mass is 10.1. The van der Waals surface area contributed by atoms with Crippen molar-refractivity contribution in [1.29, 1.82) is 0 Å². The number of rotatable bonds is 12. The topological polar surface area (TPSA) is 105 Å². The fourth-order valence-corrected chi connectivity index (χ4v) is 5.71. The summed E-state index contributed by atoms with van der Waals surface area (Å²) >= 11 is 0. The van der Waals surface area contributed by atoms with Crippen molar-refractivity contribution in [3.63, 3.8) is 0 Å². The summed E-state index contributed by atoms with van der Waals surface area (Å²) < 4.78 is 39.6. The third kappa shape index (κ3) is 6.69. The van der Waals surface area contributed by atoms with Crippen molar-refractivity contribution >= 4 is 27.5 Å². The second-order valence-electron chi connectivity index (χ2n) is 8.85. The first-order valence-corrected chi connectivity index (χ1v) is 14.0. The van der Waals surface area contributed by atoms with Gasteiger partial charge >= 0.3 is 0 Å². The van der Waals surface area contributed by atoms with Gasteiger partial charge in [0.1, 0.15) is 12.6 Å². The van der Waals surface area contributed by atoms with Crippen molar-refractivity contribution in [2.24, 2.45) is 0 Å². The van der Waals surface area contributed by atoms with Gasteiger partial charge in [0.15, 0.2) is 11.5 Å². The van der Waals surface area contributed by atoms with Crippen LogP contribution < -0.4 is 19.1 Å². The number of para-hydroxylation sites is 1. The molecule has 3 aromatic carbocycles. The van der Waals surface area contributed by atoms with Crippen LogP contribution in [-0.2, 0) is 26.2 Å². The lowest BCUT2D eigenvalue weighted by molar-refractivity contribution is -0.140. The second kappa shape index (κ2) is 13.1. The monoisotopic (exact) mass is 553 g/mol. The number of amides is 2. The van der Waals surface area contributed by atoms with E-state index >= 15 is 0 Å². The van der Waals surface area contributed by atoms with Gasteiger partial charge in [-0.1, -0.05) is 49.4 Å². The van der Waals surface area contributed by atoms with Gasteiger partial charge < -0.3 is 19.7 Å². The molecule has 1 unspecified atom stereocenters. The molecule has 10 heteroatoms. The Balaban J connectivity index is 2.08. The van der Waals surface area contributed by atoms with Gasteiger partial charge in [-0.05, 0) is 48.7 Å². The number of carbonyl (C=O) groups is 2. The maximum atomic E-state index is 14.0. The molecular formula is C29H35N3O6S. The number of nitrogens with one attached hydrogen (secondary N) is 1. The van der Waals surface area contributed by atoms with Crippen molar-refractivity contribution in [1.82, 2.24) is 10.2 Å². The smallest absolute Gasteiger partial charge is 0.264 e. The number of hydrogen-bond donors (Lipinski definition) is 1. The van der Waals surface area contributed by atoms with Gasteiger partial charge in [0.05, 0.1) is 24.8 Å². The molecule has 0 saturated heterocycles. The molecule has 208 valence electrons. The Bertz CT molecular complexity index is 1400. The van der Waals surface area contributed by atoms with Crippen LogP contribution >= 0.6 is 0 Å². The summed E-state index contributed by atoms with van der Waals surface area (Å²) in [6, 6.07) is 19.4. The summed E-state index contributed by atoms with van der Waals surface area (Å²) in [6.07, 6.45) is 0.352. The first-order valence-electron chi connectivity index (χ1n) is 12.5. The molecule has 39 heavy (non-hydrogen) atoms. The summed E-state index contributed by atoms with van der Waals surface area (Å²) in [5, 5.41) is 2.63. The van der Waals surface area contributed by atoms with Gasteiger partial charge in [0.2, 0.25) is 11.8 Å². The maximum absolute atomic E-state index is 14.0. The Morgan fingerprint density at radius 1 is 0.923 bits per heavy atom. The maximum Gasteiger partial charge on any atom is 0.264 e. The predicted octanol–water partition coefficient (Wildman–Crippen LogP) is 3.76. The van der Waals surface area contributed by atoms with E-state index in [-0.39, 0.29) is 23.1 Å². The lowest BCUT2D eigenvalue weighted by Gasteiger charge is -2.33. The highest BCUT2D eigenvalue weighted by Crippen LogP contribution is 2.32. The molecule has 0 radical (unpaired) electrons. The van der Waals surface area contributed by atoms with Crippen LogP contribution in [0.1, 0.15) is 24.5 Å². The van der Waals surface area contributed by atoms with E-state index in [9.17, 15) is 18.0 Å². The van der Waals surface area contributed by atoms with Crippen molar-refractivity contribution in [2.45, 2.75) is 37.8 Å². The molecular weight excluding hydrogens is 518 g/mol. The number of anilines is 1. The van der Waals surface area contributed by atoms with E-state index in [1.165, 1.54) is 44.4 Å². The van der Waals surface area contributed by atoms with Gasteiger partial charge in [-0.25, -0.2) is 8.42 Å². The first kappa shape index (κ1) is 29.5. The Labute approximate surface area is 230 Å². The third-order valence-electron chi connectivity index (χ3n) is 6.50. The Morgan fingerprint density at radius 2 is 1.56 bits per heavy atom. The highest BCUT2D eigenvalue weighted by molar-refractivity contribution is 7.92. The molecule has 0 bridgehead atoms. The van der Waals surface area contributed by atoms with Crippen LogP contribution in [0.3, 0.4) is 0 Å². The normalized spacial score (nSPS) is 11.8. The zero-order valence-electron chi connectivity index (χ0n) is 22.9. The van der Waals surface area contributed by atoms with Gasteiger partial charge in [0, 0.05) is 19.7 Å². The summed E-state index contributed by atoms with van der Waals surface area (Å²) in [5.41, 5.74) is 2.13. The van der Waals surface area contributed by atoms with Crippen LogP contribution in [-0.4, -0.2) is 59.0 Å². The molecule has 2 amide bonds. The SMILES string of the molecule is CCC(C(=O)NC)N(Cc1ccccc1C)C(=O)CN(c1ccccc1)S(=O)(=O)c1ccc(OC)c(OC)c1. The fraction of sp³-hybridized carbons (Fsp3) is 0.310. The first-order chi connectivity index (χ1) is 18.7. The molecule has 3 aromatic rings. The van der Waals surface area contributed by atoms with Crippen molar-refractivity contribution in [3.05, 3.63) is 83.9 Å². The van der Waals surface area contributed by atoms with Gasteiger partial charge in [-0.2, -0.15) is 0 Å². The summed E-state index contributed by atoms with van der Waals surface area (Å²) in [7, 11) is 0.159. The van der Waals surface area contributed by atoms with E-state index in [0.29, 0.717) is 17.9 Å². The lowest BCUT2D eigenvalue weighted by Crippen LogP contribution is -2.51. The van der Waals surface area contributed by atoms with E-state index in [1.54, 1.807) is 30.3 Å². The van der Waals surface area contributed by atoms with Crippen molar-refractivity contribution in [2.75, 3.05) is 32.1 Å². The van der Waals surface area contributed by atoms with Crippen molar-refractivity contribution < 1.29 is 27.5 Å². The molecule has 9 nitrogen and oxygen atoms in total. The summed E-state index contributed by atoms with van der Waals surface area (Å²) in [4.78, 5) is 28.1. The number of sulfonamides is 1. The number of benzene rings is 3. The molecule has 0 aromatic heterocycles. The zero-order valence-corrected chi connectivity index (χ0v) is 23.7. The van der Waals surface area contributed by atoms with Crippen LogP contribution in [0.25, 0.3) is 0 Å². The largest absolute Gasteiger partial charge is 0.493 e. The number of aryl methyl sites for hydroxylation is 1. The molecule has 0 saturated carbocycles. The zero-order chi connectivity index (χ0) is 28.6. The standard InChI is InChI=1S/C29H35N3O6S/c1-6-25(29(34)30-3)31(19-22-13-11-10-12-21(22)2)28(33)20-32(23-14-8-7-9-15-23)39(35,36)24-16-17-26(37-4)27(18-24)38-5/h7-18,25H,6,19-20H2,1-5H3,(H,30,34). The van der Waals surface area contributed by atoms with Crippen LogP contribution in [0.2, 0.25) is 0 Å². The van der Waals surface area contributed by atoms with Crippen molar-refractivity contribution in [3.8, 4) is 11.5 Å². The number of hydrogen-bond acceptors (Lipinski definition) is 6. The van der Waals surface area contributed by atoms with E-state index < -0.39 is 28.5 Å². The number of ether oxygens (including phenoxy) is 2. The average Bonchev–Trinajstić information content (AvgIpc) is 2.96. The third-order valence-corrected chi connectivity index (χ3v) is 8.27. The van der Waals surface area contributed by atoms with E-state index in [0.717, 1.165) is 15.4 Å². The van der Waals surface area contributed by atoms with Gasteiger partial charge in [-0.15, -0.1) is 0 Å². The molecule has 0 aliphatic heterocycles. The minimum atomic E-state index is -4.23. The molecule has 0 heterocycles. The summed E-state index contributed by atoms with van der Waals surface area (Å²) in [5.74, 6) is -0.223. The molecule has 1 atom stereocenters. The van der Waals surface area contributed by atoms with E-state index in [1.807, 2.05) is 38.1 Å². The quantitative estimate of drug-likeness (QED) is 0.366. The Kier molecular flexibility index (Phi) is 9.95. The highest BCUT2D eigenvalue weighted by atomic mass is 32.2. The van der Waals surface area contributed by atoms with Crippen LogP contribution in [0.5, 0.6) is 11.5 Å².